The summed E-state index contributed by atoms with van der Waals surface area (Å²) in [6, 6.07) is 6.80. The molecule has 0 bridgehead atoms. The highest BCUT2D eigenvalue weighted by molar-refractivity contribution is 6.32. The molecule has 0 atom stereocenters. The van der Waals surface area contributed by atoms with E-state index in [0.717, 1.165) is 12.1 Å². The van der Waals surface area contributed by atoms with Crippen LogP contribution in [0.3, 0.4) is 0 Å². The van der Waals surface area contributed by atoms with Crippen LogP contribution in [0.2, 0.25) is 10.0 Å². The number of nitro benzene ring substituents is 1. The monoisotopic (exact) mass is 389 g/mol. The highest BCUT2D eigenvalue weighted by Gasteiger charge is 2.17. The average molecular weight is 390 g/mol. The number of benzene rings is 2. The minimum absolute atomic E-state index is 0.108. The van der Waals surface area contributed by atoms with Gasteiger partial charge in [0.05, 0.1) is 28.2 Å². The molecule has 0 radical (unpaired) electrons. The molecule has 0 unspecified atom stereocenters. The molecule has 0 aliphatic heterocycles. The van der Waals surface area contributed by atoms with Crippen molar-refractivity contribution in [1.29, 1.82) is 0 Å². The number of ether oxygens (including phenoxy) is 2. The molecule has 2 N–H and O–H groups in total. The van der Waals surface area contributed by atoms with Gasteiger partial charge < -0.3 is 19.7 Å². The molecule has 0 fully saturated rings. The van der Waals surface area contributed by atoms with Gasteiger partial charge in [-0.05, 0) is 26.0 Å². The van der Waals surface area contributed by atoms with Gasteiger partial charge in [0.15, 0.2) is 5.75 Å². The highest BCUT2D eigenvalue weighted by Crippen LogP contribution is 2.36. The van der Waals surface area contributed by atoms with Crippen LogP contribution in [0.25, 0.3) is 0 Å². The number of hydrogen-bond donors (Lipinski definition) is 2. The average Bonchev–Trinajstić information content (AvgIpc) is 2.55. The molecule has 0 aromatic heterocycles. The van der Waals surface area contributed by atoms with E-state index in [0.29, 0.717) is 24.0 Å². The first-order valence-electron chi connectivity index (χ1n) is 7.21. The Morgan fingerprint density at radius 1 is 1.00 bits per heavy atom. The lowest BCUT2D eigenvalue weighted by atomic mass is 10.3. The number of phenolic OH excluding ortho intramolecular Hbond substituents is 2. The third-order valence-corrected chi connectivity index (χ3v) is 3.35. The smallest absolute Gasteiger partial charge is 0.312 e. The second-order valence-corrected chi connectivity index (χ2v) is 5.32. The van der Waals surface area contributed by atoms with E-state index in [-0.39, 0.29) is 16.5 Å². The van der Waals surface area contributed by atoms with Crippen LogP contribution in [0.1, 0.15) is 13.8 Å². The maximum atomic E-state index is 10.4. The molecule has 25 heavy (non-hydrogen) atoms. The summed E-state index contributed by atoms with van der Waals surface area (Å²) < 4.78 is 10.2. The fraction of sp³-hybridized carbons (Fsp3) is 0.250. The van der Waals surface area contributed by atoms with Gasteiger partial charge in [-0.1, -0.05) is 23.2 Å². The fourth-order valence-corrected chi connectivity index (χ4v) is 2.09. The number of halogens is 2. The fourth-order valence-electron chi connectivity index (χ4n) is 1.70. The van der Waals surface area contributed by atoms with Crippen molar-refractivity contribution in [3.63, 3.8) is 0 Å². The quantitative estimate of drug-likeness (QED) is 0.562. The Labute approximate surface area is 154 Å². The SMILES string of the molecule is CCOc1cc(O)c([N+](=O)[O-])cc1Cl.CCOc1cc(O)ccc1Cl. The molecule has 2 rings (SSSR count). The third kappa shape index (κ3) is 6.21. The summed E-state index contributed by atoms with van der Waals surface area (Å²) in [6.45, 7) is 4.52. The van der Waals surface area contributed by atoms with Crippen molar-refractivity contribution in [2.45, 2.75) is 13.8 Å². The maximum absolute atomic E-state index is 10.4. The first-order chi connectivity index (χ1) is 11.8. The Hall–Kier alpha value is -2.38. The largest absolute Gasteiger partial charge is 0.508 e. The van der Waals surface area contributed by atoms with Crippen LogP contribution in [0.4, 0.5) is 5.69 Å². The zero-order chi connectivity index (χ0) is 19.0. The first-order valence-corrected chi connectivity index (χ1v) is 7.96. The van der Waals surface area contributed by atoms with E-state index in [2.05, 4.69) is 0 Å². The molecule has 0 heterocycles. The third-order valence-electron chi connectivity index (χ3n) is 2.74. The topological polar surface area (TPSA) is 102 Å². The molecule has 0 spiro atoms. The van der Waals surface area contributed by atoms with E-state index in [1.807, 2.05) is 6.92 Å². The summed E-state index contributed by atoms with van der Waals surface area (Å²) in [4.78, 5) is 9.68. The Kier molecular flexibility index (Phi) is 8.10. The van der Waals surface area contributed by atoms with Crippen LogP contribution < -0.4 is 9.47 Å². The molecule has 9 heteroatoms. The van der Waals surface area contributed by atoms with Crippen LogP contribution in [0.15, 0.2) is 30.3 Å². The van der Waals surface area contributed by atoms with Gasteiger partial charge in [0.2, 0.25) is 0 Å². The summed E-state index contributed by atoms with van der Waals surface area (Å²) in [5.41, 5.74) is -0.432. The molecule has 0 saturated carbocycles. The van der Waals surface area contributed by atoms with Gasteiger partial charge >= 0.3 is 5.69 Å². The van der Waals surface area contributed by atoms with Crippen LogP contribution >= 0.6 is 23.2 Å². The molecule has 0 aliphatic rings. The van der Waals surface area contributed by atoms with Crippen molar-refractivity contribution >= 4 is 28.9 Å². The van der Waals surface area contributed by atoms with E-state index >= 15 is 0 Å². The molecule has 2 aromatic carbocycles. The molecular weight excluding hydrogens is 373 g/mol. The predicted octanol–water partition coefficient (Wildman–Crippen LogP) is 4.80. The maximum Gasteiger partial charge on any atom is 0.312 e. The van der Waals surface area contributed by atoms with Crippen molar-refractivity contribution < 1.29 is 24.6 Å². The summed E-state index contributed by atoms with van der Waals surface area (Å²) in [5.74, 6) is 0.465. The predicted molar refractivity (Wildman–Crippen MR) is 95.2 cm³/mol. The summed E-state index contributed by atoms with van der Waals surface area (Å²) in [5, 5.41) is 29.3. The summed E-state index contributed by atoms with van der Waals surface area (Å²) in [7, 11) is 0. The molecule has 7 nitrogen and oxygen atoms in total. The Bertz CT molecular complexity index is 739. The Morgan fingerprint density at radius 3 is 2.08 bits per heavy atom. The minimum Gasteiger partial charge on any atom is -0.508 e. The number of phenols is 2. The lowest BCUT2D eigenvalue weighted by Crippen LogP contribution is -1.94. The zero-order valence-electron chi connectivity index (χ0n) is 13.5. The molecule has 0 amide bonds. The summed E-state index contributed by atoms with van der Waals surface area (Å²) in [6.07, 6.45) is 0. The van der Waals surface area contributed by atoms with Gasteiger partial charge in [0, 0.05) is 18.2 Å². The van der Waals surface area contributed by atoms with Gasteiger partial charge in [-0.15, -0.1) is 0 Å². The van der Waals surface area contributed by atoms with Crippen molar-refractivity contribution in [3.05, 3.63) is 50.5 Å². The van der Waals surface area contributed by atoms with Crippen molar-refractivity contribution in [1.82, 2.24) is 0 Å². The normalized spacial score (nSPS) is 9.76. The van der Waals surface area contributed by atoms with Crippen LogP contribution in [0, 0.1) is 10.1 Å². The van der Waals surface area contributed by atoms with Crippen LogP contribution in [-0.4, -0.2) is 28.4 Å². The van der Waals surface area contributed by atoms with Crippen molar-refractivity contribution in [2.75, 3.05) is 13.2 Å². The minimum atomic E-state index is -0.711. The van der Waals surface area contributed by atoms with E-state index in [1.54, 1.807) is 13.0 Å². The second kappa shape index (κ2) is 9.80. The second-order valence-electron chi connectivity index (χ2n) is 4.51. The molecule has 136 valence electrons. The van der Waals surface area contributed by atoms with Crippen molar-refractivity contribution in [2.24, 2.45) is 0 Å². The Morgan fingerprint density at radius 2 is 1.56 bits per heavy atom. The number of nitro groups is 1. The standard InChI is InChI=1S/C8H8ClNO4.C8H9ClO2/c1-2-14-8-4-7(11)6(10(12)13)3-5(8)9;1-2-11-8-5-6(10)3-4-7(8)9/h3-4,11H,2H2,1H3;3-5,10H,2H2,1H3. The van der Waals surface area contributed by atoms with Crippen LogP contribution in [-0.2, 0) is 0 Å². The molecular formula is C16H17Cl2NO6. The molecule has 2 aromatic rings. The zero-order valence-corrected chi connectivity index (χ0v) is 15.0. The van der Waals surface area contributed by atoms with Gasteiger partial charge in [0.25, 0.3) is 0 Å². The lowest BCUT2D eigenvalue weighted by molar-refractivity contribution is -0.385. The number of hydrogen-bond acceptors (Lipinski definition) is 6. The lowest BCUT2D eigenvalue weighted by Gasteiger charge is -2.05. The molecule has 0 saturated heterocycles. The Balaban J connectivity index is 0.000000257. The van der Waals surface area contributed by atoms with Crippen LogP contribution in [0.5, 0.6) is 23.0 Å². The van der Waals surface area contributed by atoms with E-state index in [9.17, 15) is 15.2 Å². The van der Waals surface area contributed by atoms with E-state index < -0.39 is 16.4 Å². The van der Waals surface area contributed by atoms with Crippen molar-refractivity contribution in [3.8, 4) is 23.0 Å². The first kappa shape index (κ1) is 20.7. The van der Waals surface area contributed by atoms with E-state index in [4.69, 9.17) is 37.8 Å². The highest BCUT2D eigenvalue weighted by atomic mass is 35.5. The van der Waals surface area contributed by atoms with Gasteiger partial charge in [-0.2, -0.15) is 0 Å². The van der Waals surface area contributed by atoms with Gasteiger partial charge in [-0.3, -0.25) is 10.1 Å². The number of aromatic hydroxyl groups is 2. The summed E-state index contributed by atoms with van der Waals surface area (Å²) >= 11 is 11.4. The number of nitrogens with zero attached hydrogens (tertiary/aromatic N) is 1. The number of rotatable bonds is 5. The van der Waals surface area contributed by atoms with Gasteiger partial charge in [0.1, 0.15) is 17.2 Å². The van der Waals surface area contributed by atoms with Gasteiger partial charge in [-0.25, -0.2) is 0 Å². The van der Waals surface area contributed by atoms with E-state index in [1.165, 1.54) is 12.1 Å². The molecule has 0 aliphatic carbocycles.